The van der Waals surface area contributed by atoms with Crippen molar-refractivity contribution in [3.8, 4) is 0 Å². The van der Waals surface area contributed by atoms with E-state index in [2.05, 4.69) is 21.1 Å². The van der Waals surface area contributed by atoms with Gasteiger partial charge in [0.1, 0.15) is 18.2 Å². The highest BCUT2D eigenvalue weighted by atomic mass is 16.7. The normalized spacial score (nSPS) is 27.1. The number of rotatable bonds is 13. The number of oxime groups is 1. The summed E-state index contributed by atoms with van der Waals surface area (Å²) in [4.78, 5) is 75.2. The number of nitrogens with zero attached hydrogens (tertiary/aromatic N) is 2. The van der Waals surface area contributed by atoms with Crippen molar-refractivity contribution < 1.29 is 48.1 Å². The van der Waals surface area contributed by atoms with Gasteiger partial charge in [-0.05, 0) is 37.5 Å². The maximum Gasteiger partial charge on any atom is 0.408 e. The van der Waals surface area contributed by atoms with E-state index >= 15 is 0 Å². The van der Waals surface area contributed by atoms with Gasteiger partial charge in [0.05, 0.1) is 31.9 Å². The van der Waals surface area contributed by atoms with Gasteiger partial charge in [-0.25, -0.2) is 9.59 Å². The number of ether oxygens (including phenoxy) is 3. The van der Waals surface area contributed by atoms with Crippen LogP contribution >= 0.6 is 0 Å². The Hall–Kier alpha value is -3.46. The summed E-state index contributed by atoms with van der Waals surface area (Å²) in [6.07, 6.45) is 13.1. The van der Waals surface area contributed by atoms with Crippen LogP contribution in [0, 0.1) is 5.41 Å². The number of aliphatic carboxylic acids is 1. The molecule has 0 aromatic heterocycles. The van der Waals surface area contributed by atoms with Gasteiger partial charge in [-0.1, -0.05) is 97.1 Å². The molecule has 0 aromatic rings. The highest BCUT2D eigenvalue weighted by molar-refractivity contribution is 6.36. The highest BCUT2D eigenvalue weighted by Gasteiger charge is 2.56. The van der Waals surface area contributed by atoms with Crippen molar-refractivity contribution in [3.63, 3.8) is 0 Å². The fourth-order valence-electron chi connectivity index (χ4n) is 8.18. The second-order valence-corrected chi connectivity index (χ2v) is 17.4. The van der Waals surface area contributed by atoms with Gasteiger partial charge in [0.2, 0.25) is 11.8 Å². The minimum absolute atomic E-state index is 0.0349. The van der Waals surface area contributed by atoms with Gasteiger partial charge in [0.15, 0.2) is 17.4 Å². The molecule has 310 valence electrons. The van der Waals surface area contributed by atoms with Gasteiger partial charge in [-0.3, -0.25) is 14.4 Å². The zero-order valence-electron chi connectivity index (χ0n) is 33.4. The first-order valence-corrected chi connectivity index (χ1v) is 20.9. The molecule has 55 heavy (non-hydrogen) atoms. The standard InChI is InChI=1S/C40H65N5O10/c1-5-15-29(32(35(47)41-26-18-19-26)53-27-16-13-11-9-7-6-8-10-12-14-17-27)42-34(46)31-23-40(22-30(37(49)50)44-55-40)25-45(31)36(48)33(39(2,3)4)43-38(51)54-28-20-21-52-24-28/h26-29,31-33H,5-25H2,1-4H3,(H,41,47)(H,42,46)(H,43,51)(H,49,50)/t28-,29-,31-,32?,33+,40+/m0/s1. The molecule has 5 rings (SSSR count). The minimum Gasteiger partial charge on any atom is -0.477 e. The number of hydrogen-bond acceptors (Lipinski definition) is 10. The molecule has 6 atom stereocenters. The van der Waals surface area contributed by atoms with Crippen LogP contribution < -0.4 is 16.0 Å². The lowest BCUT2D eigenvalue weighted by molar-refractivity contribution is -0.146. The van der Waals surface area contributed by atoms with E-state index in [-0.39, 0.29) is 49.8 Å². The van der Waals surface area contributed by atoms with Crippen LogP contribution in [0.1, 0.15) is 143 Å². The number of carbonyl (C=O) groups excluding carboxylic acids is 4. The zero-order valence-corrected chi connectivity index (χ0v) is 33.4. The van der Waals surface area contributed by atoms with Crippen molar-refractivity contribution >= 4 is 35.5 Å². The van der Waals surface area contributed by atoms with Crippen LogP contribution in [-0.4, -0.2) is 113 Å². The van der Waals surface area contributed by atoms with Crippen molar-refractivity contribution in [1.82, 2.24) is 20.9 Å². The highest BCUT2D eigenvalue weighted by Crippen LogP contribution is 2.39. The molecule has 0 radical (unpaired) electrons. The summed E-state index contributed by atoms with van der Waals surface area (Å²) >= 11 is 0. The largest absolute Gasteiger partial charge is 0.477 e. The van der Waals surface area contributed by atoms with Crippen molar-refractivity contribution in [1.29, 1.82) is 0 Å². The Labute approximate surface area is 325 Å². The summed E-state index contributed by atoms with van der Waals surface area (Å²) in [7, 11) is 0. The molecular weight excluding hydrogens is 710 g/mol. The average molecular weight is 776 g/mol. The Morgan fingerprint density at radius 1 is 0.927 bits per heavy atom. The van der Waals surface area contributed by atoms with Crippen molar-refractivity contribution in [2.45, 2.75) is 191 Å². The van der Waals surface area contributed by atoms with Crippen molar-refractivity contribution in [2.24, 2.45) is 10.6 Å². The van der Waals surface area contributed by atoms with Gasteiger partial charge >= 0.3 is 12.1 Å². The van der Waals surface area contributed by atoms with Crippen LogP contribution in [0.4, 0.5) is 4.79 Å². The lowest BCUT2D eigenvalue weighted by atomic mass is 9.85. The fraction of sp³-hybridized carbons (Fsp3) is 0.850. The Kier molecular flexibility index (Phi) is 15.2. The summed E-state index contributed by atoms with van der Waals surface area (Å²) in [5.41, 5.74) is -2.27. The molecule has 3 heterocycles. The zero-order chi connectivity index (χ0) is 39.6. The number of amides is 4. The first-order valence-electron chi connectivity index (χ1n) is 20.9. The van der Waals surface area contributed by atoms with Gasteiger partial charge in [-0.15, -0.1) is 0 Å². The number of nitrogens with one attached hydrogen (secondary N) is 3. The first kappa shape index (κ1) is 42.7. The summed E-state index contributed by atoms with van der Waals surface area (Å²) in [6.45, 7) is 7.99. The number of carboxylic acids is 1. The average Bonchev–Trinajstić information content (AvgIpc) is 3.46. The fourth-order valence-corrected chi connectivity index (χ4v) is 8.18. The maximum absolute atomic E-state index is 14.6. The smallest absolute Gasteiger partial charge is 0.408 e. The topological polar surface area (TPSA) is 194 Å². The van der Waals surface area contributed by atoms with Gasteiger partial charge in [0.25, 0.3) is 5.91 Å². The number of likely N-dealkylation sites (tertiary alicyclic amines) is 1. The molecule has 4 amide bonds. The second-order valence-electron chi connectivity index (χ2n) is 17.4. The van der Waals surface area contributed by atoms with Crippen molar-refractivity contribution in [2.75, 3.05) is 19.8 Å². The number of hydrogen-bond donors (Lipinski definition) is 4. The van der Waals surface area contributed by atoms with Gasteiger partial charge in [-0.2, -0.15) is 0 Å². The van der Waals surface area contributed by atoms with E-state index in [4.69, 9.17) is 19.0 Å². The summed E-state index contributed by atoms with van der Waals surface area (Å²) in [5, 5.41) is 22.5. The lowest BCUT2D eigenvalue weighted by Crippen LogP contribution is -2.60. The Balaban J connectivity index is 1.38. The predicted molar refractivity (Wildman–Crippen MR) is 203 cm³/mol. The number of carbonyl (C=O) groups is 5. The third kappa shape index (κ3) is 12.3. The Morgan fingerprint density at radius 2 is 1.58 bits per heavy atom. The van der Waals surface area contributed by atoms with E-state index in [1.807, 2.05) is 6.92 Å². The molecule has 2 saturated carbocycles. The van der Waals surface area contributed by atoms with Crippen LogP contribution in [0.15, 0.2) is 5.16 Å². The van der Waals surface area contributed by atoms with E-state index in [0.29, 0.717) is 25.9 Å². The molecule has 0 aromatic carbocycles. The monoisotopic (exact) mass is 775 g/mol. The quantitative estimate of drug-likeness (QED) is 0.203. The molecule has 2 saturated heterocycles. The number of carboxylic acid groups (broad SMARTS) is 1. The summed E-state index contributed by atoms with van der Waals surface area (Å²) in [5.74, 6) is -2.55. The van der Waals surface area contributed by atoms with Crippen LogP contribution in [0.25, 0.3) is 0 Å². The minimum atomic E-state index is -1.26. The second kappa shape index (κ2) is 19.6. The molecule has 0 bridgehead atoms. The molecular formula is C40H65N5O10. The van der Waals surface area contributed by atoms with Gasteiger partial charge in [0, 0.05) is 25.3 Å². The lowest BCUT2D eigenvalue weighted by Gasteiger charge is -2.36. The SMILES string of the molecule is CCC[C@H](NC(=O)[C@@H]1C[C@]2(CC(C(=O)O)=NO2)CN1C(=O)[C@@H](NC(=O)O[C@H]1CCOC1)C(C)(C)C)C(OC1CCCCCCCCCCC1)C(=O)NC1CC1. The van der Waals surface area contributed by atoms with Crippen LogP contribution in [0.5, 0.6) is 0 Å². The molecule has 4 N–H and O–H groups in total. The molecule has 5 aliphatic rings. The van der Waals surface area contributed by atoms with Crippen LogP contribution in [-0.2, 0) is 38.2 Å². The molecule has 1 unspecified atom stereocenters. The molecule has 15 heteroatoms. The van der Waals surface area contributed by atoms with Gasteiger partial charge < -0.3 is 45.0 Å². The van der Waals surface area contributed by atoms with E-state index in [1.54, 1.807) is 20.8 Å². The van der Waals surface area contributed by atoms with E-state index in [9.17, 15) is 29.1 Å². The molecule has 15 nitrogen and oxygen atoms in total. The van der Waals surface area contributed by atoms with E-state index < -0.39 is 65.2 Å². The molecule has 2 aliphatic carbocycles. The molecule has 3 aliphatic heterocycles. The predicted octanol–water partition coefficient (Wildman–Crippen LogP) is 4.74. The molecule has 1 spiro atoms. The summed E-state index contributed by atoms with van der Waals surface area (Å²) in [6, 6.07) is -2.83. The van der Waals surface area contributed by atoms with E-state index in [1.165, 1.54) is 37.0 Å². The Morgan fingerprint density at radius 3 is 2.13 bits per heavy atom. The molecule has 4 fully saturated rings. The first-order chi connectivity index (χ1) is 26.3. The number of alkyl carbamates (subject to hydrolysis) is 1. The third-order valence-corrected chi connectivity index (χ3v) is 11.5. The Bertz CT molecular complexity index is 1360. The van der Waals surface area contributed by atoms with Crippen molar-refractivity contribution in [3.05, 3.63) is 0 Å². The maximum atomic E-state index is 14.6. The summed E-state index contributed by atoms with van der Waals surface area (Å²) < 4.78 is 17.6. The van der Waals surface area contributed by atoms with Crippen LogP contribution in [0.2, 0.25) is 0 Å². The van der Waals surface area contributed by atoms with Crippen LogP contribution in [0.3, 0.4) is 0 Å². The third-order valence-electron chi connectivity index (χ3n) is 11.5. The van der Waals surface area contributed by atoms with E-state index in [0.717, 1.165) is 51.4 Å².